The Balaban J connectivity index is 2.68. The van der Waals surface area contributed by atoms with Crippen LogP contribution in [-0.2, 0) is 14.8 Å². The number of ether oxygens (including phenoxy) is 1. The van der Waals surface area contributed by atoms with Crippen molar-refractivity contribution < 1.29 is 22.7 Å². The van der Waals surface area contributed by atoms with Gasteiger partial charge >= 0.3 is 0 Å². The molecule has 0 aliphatic carbocycles. The minimum absolute atomic E-state index is 0.0450. The highest BCUT2D eigenvalue weighted by Crippen LogP contribution is 2.12. The van der Waals surface area contributed by atoms with E-state index in [9.17, 15) is 17.9 Å². The molecule has 0 aliphatic rings. The topological polar surface area (TPSA) is 75.6 Å². The smallest absolute Gasteiger partial charge is 0.240 e. The number of hydrogen-bond acceptors (Lipinski definition) is 4. The molecule has 0 aliphatic heterocycles. The highest BCUT2D eigenvalue weighted by atomic mass is 32.2. The Hall–Kier alpha value is -1.02. The van der Waals surface area contributed by atoms with Crippen LogP contribution in [0.15, 0.2) is 29.2 Å². The highest BCUT2D eigenvalue weighted by Gasteiger charge is 2.23. The lowest BCUT2D eigenvalue weighted by Crippen LogP contribution is -2.41. The van der Waals surface area contributed by atoms with E-state index in [1.165, 1.54) is 26.2 Å². The van der Waals surface area contributed by atoms with Crippen LogP contribution in [0.3, 0.4) is 0 Å². The van der Waals surface area contributed by atoms with Crippen LogP contribution in [0.5, 0.6) is 0 Å². The maximum absolute atomic E-state index is 12.7. The summed E-state index contributed by atoms with van der Waals surface area (Å²) in [5.74, 6) is -0.508. The molecule has 1 aromatic rings. The van der Waals surface area contributed by atoms with Crippen molar-refractivity contribution in [2.75, 3.05) is 20.3 Å². The minimum atomic E-state index is -3.75. The first-order chi connectivity index (χ1) is 8.77. The lowest BCUT2D eigenvalue weighted by Gasteiger charge is -2.23. The lowest BCUT2D eigenvalue weighted by molar-refractivity contribution is 0.0292. The van der Waals surface area contributed by atoms with Crippen LogP contribution in [0, 0.1) is 5.82 Å². The Morgan fingerprint density at radius 3 is 2.47 bits per heavy atom. The Labute approximate surface area is 112 Å². The molecule has 0 radical (unpaired) electrons. The van der Waals surface area contributed by atoms with Crippen LogP contribution in [0.1, 0.15) is 13.3 Å². The summed E-state index contributed by atoms with van der Waals surface area (Å²) in [6.07, 6.45) is 0.301. The predicted molar refractivity (Wildman–Crippen MR) is 68.7 cm³/mol. The number of benzene rings is 1. The third-order valence-electron chi connectivity index (χ3n) is 2.61. The van der Waals surface area contributed by atoms with Crippen molar-refractivity contribution in [2.24, 2.45) is 0 Å². The first kappa shape index (κ1) is 16.0. The van der Waals surface area contributed by atoms with Gasteiger partial charge in [-0.25, -0.2) is 17.5 Å². The van der Waals surface area contributed by atoms with Gasteiger partial charge < -0.3 is 9.84 Å². The lowest BCUT2D eigenvalue weighted by atomic mass is 10.0. The van der Waals surface area contributed by atoms with Crippen LogP contribution >= 0.6 is 0 Å². The van der Waals surface area contributed by atoms with Crippen molar-refractivity contribution in [1.82, 2.24) is 4.72 Å². The molecule has 0 saturated heterocycles. The molecule has 0 spiro atoms. The van der Waals surface area contributed by atoms with Crippen LogP contribution in [0.25, 0.3) is 0 Å². The number of sulfonamides is 1. The van der Waals surface area contributed by atoms with E-state index in [1.54, 1.807) is 0 Å². The number of hydrogen-bond donors (Lipinski definition) is 2. The fourth-order valence-electron chi connectivity index (χ4n) is 1.36. The normalized spacial score (nSPS) is 15.2. The van der Waals surface area contributed by atoms with Crippen molar-refractivity contribution in [3.8, 4) is 0 Å². The number of nitrogens with one attached hydrogen (secondary N) is 1. The second-order valence-electron chi connectivity index (χ2n) is 4.52. The Morgan fingerprint density at radius 1 is 1.37 bits per heavy atom. The van der Waals surface area contributed by atoms with Gasteiger partial charge in [0.05, 0.1) is 10.5 Å². The Bertz CT molecular complexity index is 499. The van der Waals surface area contributed by atoms with Crippen molar-refractivity contribution >= 4 is 10.0 Å². The van der Waals surface area contributed by atoms with Gasteiger partial charge in [-0.1, -0.05) is 0 Å². The first-order valence-corrected chi connectivity index (χ1v) is 7.22. The van der Waals surface area contributed by atoms with E-state index in [0.29, 0.717) is 13.0 Å². The van der Waals surface area contributed by atoms with E-state index in [0.717, 1.165) is 12.1 Å². The number of aliphatic hydroxyl groups is 1. The van der Waals surface area contributed by atoms with Gasteiger partial charge in [0.2, 0.25) is 10.0 Å². The quantitative estimate of drug-likeness (QED) is 0.782. The second-order valence-corrected chi connectivity index (χ2v) is 6.29. The van der Waals surface area contributed by atoms with Gasteiger partial charge in [-0.15, -0.1) is 0 Å². The highest BCUT2D eigenvalue weighted by molar-refractivity contribution is 7.89. The standard InChI is InChI=1S/C12H18FNO4S/c1-12(15,7-8-18-2)9-14-19(16,17)11-5-3-10(13)4-6-11/h3-6,14-15H,7-9H2,1-2H3. The first-order valence-electron chi connectivity index (χ1n) is 5.73. The van der Waals surface area contributed by atoms with Crippen molar-refractivity contribution in [3.63, 3.8) is 0 Å². The largest absolute Gasteiger partial charge is 0.389 e. The fraction of sp³-hybridized carbons (Fsp3) is 0.500. The van der Waals surface area contributed by atoms with E-state index in [4.69, 9.17) is 4.74 Å². The van der Waals surface area contributed by atoms with Crippen LogP contribution < -0.4 is 4.72 Å². The molecule has 1 aromatic carbocycles. The summed E-state index contributed by atoms with van der Waals surface area (Å²) in [6, 6.07) is 4.47. The molecule has 0 saturated carbocycles. The summed E-state index contributed by atoms with van der Waals surface area (Å²) in [5, 5.41) is 9.93. The zero-order valence-corrected chi connectivity index (χ0v) is 11.7. The maximum atomic E-state index is 12.7. The van der Waals surface area contributed by atoms with Crippen LogP contribution in [0.4, 0.5) is 4.39 Å². The van der Waals surface area contributed by atoms with Gasteiger partial charge in [-0.2, -0.15) is 0 Å². The molecular weight excluding hydrogens is 273 g/mol. The molecule has 1 unspecified atom stereocenters. The molecule has 0 fully saturated rings. The summed E-state index contributed by atoms with van der Waals surface area (Å²) in [7, 11) is -2.25. The minimum Gasteiger partial charge on any atom is -0.389 e. The molecule has 1 rings (SSSR count). The molecular formula is C12H18FNO4S. The average Bonchev–Trinajstić information content (AvgIpc) is 2.35. The number of methoxy groups -OCH3 is 1. The summed E-state index contributed by atoms with van der Waals surface area (Å²) in [5.41, 5.74) is -1.21. The van der Waals surface area contributed by atoms with E-state index >= 15 is 0 Å². The van der Waals surface area contributed by atoms with E-state index in [1.807, 2.05) is 0 Å². The average molecular weight is 291 g/mol. The molecule has 0 amide bonds. The third-order valence-corrected chi connectivity index (χ3v) is 4.03. The molecule has 1 atom stereocenters. The molecule has 0 aromatic heterocycles. The van der Waals surface area contributed by atoms with Gasteiger partial charge in [0.1, 0.15) is 5.82 Å². The molecule has 2 N–H and O–H groups in total. The van der Waals surface area contributed by atoms with Crippen molar-refractivity contribution in [1.29, 1.82) is 0 Å². The van der Waals surface area contributed by atoms with Crippen molar-refractivity contribution in [3.05, 3.63) is 30.1 Å². The summed E-state index contributed by atoms with van der Waals surface area (Å²) in [6.45, 7) is 1.69. The van der Waals surface area contributed by atoms with Gasteiger partial charge in [0, 0.05) is 26.7 Å². The van der Waals surface area contributed by atoms with Crippen LogP contribution in [-0.4, -0.2) is 39.4 Å². The van der Waals surface area contributed by atoms with Gasteiger partial charge in [0.25, 0.3) is 0 Å². The maximum Gasteiger partial charge on any atom is 0.240 e. The molecule has 108 valence electrons. The fourth-order valence-corrected chi connectivity index (χ4v) is 2.52. The Morgan fingerprint density at radius 2 is 1.95 bits per heavy atom. The molecule has 5 nitrogen and oxygen atoms in total. The monoisotopic (exact) mass is 291 g/mol. The zero-order valence-electron chi connectivity index (χ0n) is 10.9. The molecule has 0 bridgehead atoms. The molecule has 19 heavy (non-hydrogen) atoms. The Kier molecular flexibility index (Phi) is 5.42. The SMILES string of the molecule is COCCC(C)(O)CNS(=O)(=O)c1ccc(F)cc1. The summed E-state index contributed by atoms with van der Waals surface area (Å²) >= 11 is 0. The van der Waals surface area contributed by atoms with E-state index in [-0.39, 0.29) is 11.4 Å². The summed E-state index contributed by atoms with van der Waals surface area (Å²) in [4.78, 5) is -0.0450. The van der Waals surface area contributed by atoms with Crippen molar-refractivity contribution in [2.45, 2.75) is 23.8 Å². The van der Waals surface area contributed by atoms with Crippen LogP contribution in [0.2, 0.25) is 0 Å². The summed E-state index contributed by atoms with van der Waals surface area (Å²) < 4.78 is 43.6. The van der Waals surface area contributed by atoms with Gasteiger partial charge in [-0.3, -0.25) is 0 Å². The van der Waals surface area contributed by atoms with Gasteiger partial charge in [0.15, 0.2) is 0 Å². The number of rotatable bonds is 7. The molecule has 7 heteroatoms. The second kappa shape index (κ2) is 6.42. The third kappa shape index (κ3) is 5.23. The predicted octanol–water partition coefficient (Wildman–Crippen LogP) is 0.891. The number of halogens is 1. The van der Waals surface area contributed by atoms with E-state index in [2.05, 4.69) is 4.72 Å². The van der Waals surface area contributed by atoms with E-state index < -0.39 is 21.4 Å². The molecule has 0 heterocycles. The zero-order chi connectivity index (χ0) is 14.5. The van der Waals surface area contributed by atoms with Gasteiger partial charge in [-0.05, 0) is 31.2 Å².